The van der Waals surface area contributed by atoms with E-state index < -0.39 is 0 Å². The molecule has 3 nitrogen and oxygen atoms in total. The van der Waals surface area contributed by atoms with Crippen LogP contribution in [0, 0.1) is 11.3 Å². The molecule has 3 atom stereocenters. The van der Waals surface area contributed by atoms with Gasteiger partial charge < -0.3 is 9.47 Å². The average molecular weight is 321 g/mol. The van der Waals surface area contributed by atoms with Crippen LogP contribution in [0.3, 0.4) is 0 Å². The monoisotopic (exact) mass is 321 g/mol. The number of nitrogens with zero attached hydrogens (tertiary/aromatic N) is 1. The van der Waals surface area contributed by atoms with E-state index in [1.165, 1.54) is 6.42 Å². The maximum Gasteiger partial charge on any atom is 0.180 e. The molecule has 0 aliphatic carbocycles. The van der Waals surface area contributed by atoms with Crippen molar-refractivity contribution >= 4 is 22.6 Å². The Kier molecular flexibility index (Phi) is 3.86. The summed E-state index contributed by atoms with van der Waals surface area (Å²) in [5, 5.41) is 8.70. The smallest absolute Gasteiger partial charge is 0.180 e. The highest BCUT2D eigenvalue weighted by molar-refractivity contribution is 14.1. The van der Waals surface area contributed by atoms with E-state index in [1.54, 1.807) is 0 Å². The minimum absolute atomic E-state index is 0.0825. The van der Waals surface area contributed by atoms with E-state index in [0.29, 0.717) is 10.3 Å². The second kappa shape index (κ2) is 4.98. The Morgan fingerprint density at radius 1 is 1.40 bits per heavy atom. The van der Waals surface area contributed by atoms with Crippen molar-refractivity contribution in [2.45, 2.75) is 54.3 Å². The topological polar surface area (TPSA) is 42.2 Å². The van der Waals surface area contributed by atoms with E-state index in [-0.39, 0.29) is 11.9 Å². The molecule has 4 heteroatoms. The number of ether oxygens (including phenoxy) is 2. The van der Waals surface area contributed by atoms with Crippen LogP contribution in [-0.2, 0) is 9.47 Å². The molecule has 0 bridgehead atoms. The first-order chi connectivity index (χ1) is 7.27. The third kappa shape index (κ3) is 2.45. The Balaban J connectivity index is 2.03. The highest BCUT2D eigenvalue weighted by Crippen LogP contribution is 2.41. The third-order valence-electron chi connectivity index (χ3n) is 3.16. The Hall–Kier alpha value is 0.140. The summed E-state index contributed by atoms with van der Waals surface area (Å²) >= 11 is 2.43. The second-order valence-corrected chi connectivity index (χ2v) is 5.77. The van der Waals surface area contributed by atoms with E-state index in [1.807, 2.05) is 0 Å². The van der Waals surface area contributed by atoms with Gasteiger partial charge in [0.15, 0.2) is 5.79 Å². The van der Waals surface area contributed by atoms with Gasteiger partial charge in [0.1, 0.15) is 0 Å². The van der Waals surface area contributed by atoms with E-state index >= 15 is 0 Å². The number of alkyl halides is 1. The summed E-state index contributed by atoms with van der Waals surface area (Å²) in [6.07, 6.45) is 5.98. The molecule has 15 heavy (non-hydrogen) atoms. The van der Waals surface area contributed by atoms with E-state index in [9.17, 15) is 0 Å². The standard InChI is InChI=1S/C11H16INO2/c12-10-4-2-8-14-11(10)6-1-3-9(15-11)5-7-13/h9-10H,1-6,8H2/t9?,10?,11-/m0/s1. The van der Waals surface area contributed by atoms with Crippen molar-refractivity contribution in [2.24, 2.45) is 0 Å². The molecule has 2 aliphatic rings. The van der Waals surface area contributed by atoms with Gasteiger partial charge in [0.2, 0.25) is 0 Å². The lowest BCUT2D eigenvalue weighted by molar-refractivity contribution is -0.287. The summed E-state index contributed by atoms with van der Waals surface area (Å²) in [7, 11) is 0. The van der Waals surface area contributed by atoms with Gasteiger partial charge in [-0.1, -0.05) is 22.6 Å². The Bertz CT molecular complexity index is 262. The van der Waals surface area contributed by atoms with E-state index in [0.717, 1.165) is 32.3 Å². The molecule has 2 unspecified atom stereocenters. The van der Waals surface area contributed by atoms with Crippen molar-refractivity contribution in [1.82, 2.24) is 0 Å². The van der Waals surface area contributed by atoms with Crippen LogP contribution in [-0.4, -0.2) is 22.4 Å². The molecule has 1 spiro atoms. The summed E-state index contributed by atoms with van der Waals surface area (Å²) < 4.78 is 12.3. The predicted octanol–water partition coefficient (Wildman–Crippen LogP) is 2.78. The largest absolute Gasteiger partial charge is 0.349 e. The van der Waals surface area contributed by atoms with Crippen LogP contribution in [0.25, 0.3) is 0 Å². The number of halogens is 1. The quantitative estimate of drug-likeness (QED) is 0.551. The highest BCUT2D eigenvalue weighted by atomic mass is 127. The lowest BCUT2D eigenvalue weighted by atomic mass is 9.94. The first-order valence-electron chi connectivity index (χ1n) is 5.59. The molecule has 0 radical (unpaired) electrons. The maximum absolute atomic E-state index is 8.70. The van der Waals surface area contributed by atoms with Crippen molar-refractivity contribution in [3.8, 4) is 6.07 Å². The fraction of sp³-hybridized carbons (Fsp3) is 0.909. The molecule has 0 aromatic carbocycles. The number of hydrogen-bond donors (Lipinski definition) is 0. The zero-order chi connectivity index (χ0) is 10.7. The number of rotatable bonds is 1. The van der Waals surface area contributed by atoms with Gasteiger partial charge in [0.05, 0.1) is 29.1 Å². The van der Waals surface area contributed by atoms with Gasteiger partial charge in [-0.05, 0) is 25.7 Å². The summed E-state index contributed by atoms with van der Waals surface area (Å²) in [5.74, 6) is -0.376. The van der Waals surface area contributed by atoms with Gasteiger partial charge in [0.25, 0.3) is 0 Å². The van der Waals surface area contributed by atoms with Gasteiger partial charge in [-0.15, -0.1) is 0 Å². The van der Waals surface area contributed by atoms with Crippen LogP contribution < -0.4 is 0 Å². The zero-order valence-electron chi connectivity index (χ0n) is 8.75. The van der Waals surface area contributed by atoms with Gasteiger partial charge in [-0.2, -0.15) is 5.26 Å². The first-order valence-corrected chi connectivity index (χ1v) is 6.84. The molecule has 0 amide bonds. The molecule has 0 saturated carbocycles. The predicted molar refractivity (Wildman–Crippen MR) is 64.7 cm³/mol. The number of nitriles is 1. The van der Waals surface area contributed by atoms with Crippen LogP contribution >= 0.6 is 22.6 Å². The van der Waals surface area contributed by atoms with Crippen molar-refractivity contribution in [1.29, 1.82) is 5.26 Å². The summed E-state index contributed by atoms with van der Waals surface area (Å²) in [4.78, 5) is 0. The molecular weight excluding hydrogens is 305 g/mol. The molecule has 2 rings (SSSR count). The molecule has 2 aliphatic heterocycles. The summed E-state index contributed by atoms with van der Waals surface area (Å²) in [5.41, 5.74) is 0. The van der Waals surface area contributed by atoms with Crippen LogP contribution in [0.4, 0.5) is 0 Å². The van der Waals surface area contributed by atoms with Crippen molar-refractivity contribution in [3.63, 3.8) is 0 Å². The van der Waals surface area contributed by atoms with E-state index in [2.05, 4.69) is 28.7 Å². The molecule has 0 aromatic heterocycles. The third-order valence-corrected chi connectivity index (χ3v) is 4.73. The number of hydrogen-bond acceptors (Lipinski definition) is 3. The average Bonchev–Trinajstić information content (AvgIpc) is 2.24. The van der Waals surface area contributed by atoms with Gasteiger partial charge in [-0.25, -0.2) is 0 Å². The Morgan fingerprint density at radius 3 is 3.00 bits per heavy atom. The minimum atomic E-state index is -0.376. The van der Waals surface area contributed by atoms with Crippen LogP contribution in [0.15, 0.2) is 0 Å². The lowest BCUT2D eigenvalue weighted by Gasteiger charge is -2.46. The fourth-order valence-electron chi connectivity index (χ4n) is 2.38. The minimum Gasteiger partial charge on any atom is -0.349 e. The molecular formula is C11H16INO2. The zero-order valence-corrected chi connectivity index (χ0v) is 10.9. The Morgan fingerprint density at radius 2 is 2.27 bits per heavy atom. The van der Waals surface area contributed by atoms with Crippen LogP contribution in [0.2, 0.25) is 0 Å². The van der Waals surface area contributed by atoms with E-state index in [4.69, 9.17) is 14.7 Å². The van der Waals surface area contributed by atoms with Gasteiger partial charge in [0, 0.05) is 6.42 Å². The maximum atomic E-state index is 8.70. The van der Waals surface area contributed by atoms with Crippen molar-refractivity contribution in [2.75, 3.05) is 6.61 Å². The molecule has 2 saturated heterocycles. The first kappa shape index (κ1) is 11.6. The normalized spacial score (nSPS) is 41.3. The highest BCUT2D eigenvalue weighted by Gasteiger charge is 2.45. The van der Waals surface area contributed by atoms with Crippen molar-refractivity contribution < 1.29 is 9.47 Å². The summed E-state index contributed by atoms with van der Waals surface area (Å²) in [6, 6.07) is 2.19. The molecule has 84 valence electrons. The molecule has 0 aromatic rings. The Labute approximate surface area is 104 Å². The van der Waals surface area contributed by atoms with Crippen LogP contribution in [0.5, 0.6) is 0 Å². The molecule has 2 heterocycles. The van der Waals surface area contributed by atoms with Gasteiger partial charge in [-0.3, -0.25) is 0 Å². The SMILES string of the molecule is N#CCC1CCC[C@]2(OCCCC2I)O1. The lowest BCUT2D eigenvalue weighted by Crippen LogP contribution is -2.52. The molecule has 0 N–H and O–H groups in total. The fourth-order valence-corrected chi connectivity index (χ4v) is 3.45. The van der Waals surface area contributed by atoms with Crippen molar-refractivity contribution in [3.05, 3.63) is 0 Å². The second-order valence-electron chi connectivity index (χ2n) is 4.26. The van der Waals surface area contributed by atoms with Gasteiger partial charge >= 0.3 is 0 Å². The summed E-state index contributed by atoms with van der Waals surface area (Å²) in [6.45, 7) is 0.804. The van der Waals surface area contributed by atoms with Crippen LogP contribution in [0.1, 0.15) is 38.5 Å². The molecule has 2 fully saturated rings.